The molecule has 0 radical (unpaired) electrons. The van der Waals surface area contributed by atoms with Crippen LogP contribution in [0.1, 0.15) is 0 Å². The second kappa shape index (κ2) is 7.10. The van der Waals surface area contributed by atoms with Crippen LogP contribution in [-0.2, 0) is 0 Å². The third kappa shape index (κ3) is 5.62. The zero-order valence-corrected chi connectivity index (χ0v) is 9.60. The number of nitrogens with one attached hydrogen (secondary N) is 3. The molecule has 0 aromatic carbocycles. The van der Waals surface area contributed by atoms with E-state index in [-0.39, 0.29) is 26.2 Å². The van der Waals surface area contributed by atoms with Gasteiger partial charge in [-0.25, -0.2) is 17.6 Å². The highest BCUT2D eigenvalue weighted by molar-refractivity contribution is 4.71. The summed E-state index contributed by atoms with van der Waals surface area (Å²) in [5, 5.41) is 6.75. The Hall–Kier alpha value is -0.440. The Morgan fingerprint density at radius 2 is 1.29 bits per heavy atom. The van der Waals surface area contributed by atoms with Crippen molar-refractivity contribution in [3.63, 3.8) is 0 Å². The highest BCUT2D eigenvalue weighted by atomic mass is 19.2. The summed E-state index contributed by atoms with van der Waals surface area (Å²) in [6, 6.07) is 0. The number of alkyl halides is 4. The van der Waals surface area contributed by atoms with E-state index in [0.29, 0.717) is 0 Å². The lowest BCUT2D eigenvalue weighted by Gasteiger charge is -2.26. The lowest BCUT2D eigenvalue weighted by atomic mass is 10.4. The molecule has 4 atom stereocenters. The highest BCUT2D eigenvalue weighted by Gasteiger charge is 2.21. The van der Waals surface area contributed by atoms with Gasteiger partial charge in [-0.1, -0.05) is 0 Å². The molecule has 8 heteroatoms. The normalized spacial score (nSPS) is 39.4. The summed E-state index contributed by atoms with van der Waals surface area (Å²) < 4.78 is 52.8. The van der Waals surface area contributed by atoms with Gasteiger partial charge in [-0.15, -0.1) is 0 Å². The Labute approximate surface area is 97.7 Å². The smallest absolute Gasteiger partial charge is 0.166 e. The maximum absolute atomic E-state index is 13.4. The molecule has 1 aliphatic rings. The van der Waals surface area contributed by atoms with Crippen molar-refractivity contribution in [2.24, 2.45) is 0 Å². The second-order valence-electron chi connectivity index (χ2n) is 4.00. The van der Waals surface area contributed by atoms with Crippen LogP contribution in [-0.4, -0.2) is 63.3 Å². The first-order valence-electron chi connectivity index (χ1n) is 5.45. The molecule has 0 aromatic rings. The first-order valence-corrected chi connectivity index (χ1v) is 5.45. The van der Waals surface area contributed by atoms with Crippen LogP contribution in [0, 0.1) is 0 Å². The second-order valence-corrected chi connectivity index (χ2v) is 4.00. The fourth-order valence-corrected chi connectivity index (χ4v) is 1.42. The summed E-state index contributed by atoms with van der Waals surface area (Å²) >= 11 is 0. The van der Waals surface area contributed by atoms with Gasteiger partial charge in [0, 0.05) is 26.2 Å². The molecule has 0 bridgehead atoms. The van der Waals surface area contributed by atoms with Crippen molar-refractivity contribution in [1.82, 2.24) is 20.9 Å². The molecular formula is C9H18F4N4. The van der Waals surface area contributed by atoms with E-state index >= 15 is 0 Å². The van der Waals surface area contributed by atoms with Crippen molar-refractivity contribution in [3.8, 4) is 0 Å². The summed E-state index contributed by atoms with van der Waals surface area (Å²) in [7, 11) is 1.38. The molecule has 102 valence electrons. The molecule has 4 unspecified atom stereocenters. The maximum Gasteiger partial charge on any atom is 0.166 e. The highest BCUT2D eigenvalue weighted by Crippen LogP contribution is 2.02. The third-order valence-corrected chi connectivity index (χ3v) is 2.47. The predicted octanol–water partition coefficient (Wildman–Crippen LogP) is -0.117. The summed E-state index contributed by atoms with van der Waals surface area (Å²) in [6.07, 6.45) is -6.10. The minimum Gasteiger partial charge on any atom is -0.282 e. The average molecular weight is 258 g/mol. The van der Waals surface area contributed by atoms with Crippen molar-refractivity contribution in [3.05, 3.63) is 0 Å². The topological polar surface area (TPSA) is 39.3 Å². The SMILES string of the molecule is CN1CC(F)NCC(F)NCC(F)NCC1F. The van der Waals surface area contributed by atoms with Crippen molar-refractivity contribution in [2.75, 3.05) is 33.2 Å². The molecule has 1 rings (SSSR count). The van der Waals surface area contributed by atoms with Gasteiger partial charge in [0.2, 0.25) is 0 Å². The molecule has 1 aliphatic heterocycles. The van der Waals surface area contributed by atoms with E-state index in [1.165, 1.54) is 7.05 Å². The van der Waals surface area contributed by atoms with E-state index in [9.17, 15) is 17.6 Å². The Morgan fingerprint density at radius 3 is 1.88 bits per heavy atom. The van der Waals surface area contributed by atoms with Gasteiger partial charge in [0.25, 0.3) is 0 Å². The van der Waals surface area contributed by atoms with E-state index in [1.807, 2.05) is 0 Å². The van der Waals surface area contributed by atoms with Crippen molar-refractivity contribution < 1.29 is 17.6 Å². The fraction of sp³-hybridized carbons (Fsp3) is 1.00. The lowest BCUT2D eigenvalue weighted by molar-refractivity contribution is 0.0567. The van der Waals surface area contributed by atoms with E-state index in [4.69, 9.17) is 0 Å². The molecule has 1 saturated heterocycles. The number of hydrogen-bond donors (Lipinski definition) is 3. The molecular weight excluding hydrogens is 240 g/mol. The molecule has 1 heterocycles. The largest absolute Gasteiger partial charge is 0.282 e. The Kier molecular flexibility index (Phi) is 6.10. The molecule has 0 spiro atoms. The minimum absolute atomic E-state index is 0.230. The van der Waals surface area contributed by atoms with E-state index in [1.54, 1.807) is 0 Å². The van der Waals surface area contributed by atoms with Crippen LogP contribution >= 0.6 is 0 Å². The minimum atomic E-state index is -1.54. The number of nitrogens with zero attached hydrogens (tertiary/aromatic N) is 1. The molecule has 0 aromatic heterocycles. The van der Waals surface area contributed by atoms with Gasteiger partial charge in [0.05, 0.1) is 0 Å². The van der Waals surface area contributed by atoms with Crippen LogP contribution in [0.4, 0.5) is 17.6 Å². The van der Waals surface area contributed by atoms with Crippen LogP contribution in [0.3, 0.4) is 0 Å². The molecule has 3 N–H and O–H groups in total. The summed E-state index contributed by atoms with van der Waals surface area (Å²) in [4.78, 5) is 1.10. The van der Waals surface area contributed by atoms with Crippen LogP contribution in [0.5, 0.6) is 0 Å². The van der Waals surface area contributed by atoms with Crippen LogP contribution < -0.4 is 16.0 Å². The molecule has 0 aliphatic carbocycles. The quantitative estimate of drug-likeness (QED) is 0.418. The monoisotopic (exact) mass is 258 g/mol. The average Bonchev–Trinajstić information content (AvgIpc) is 2.29. The molecule has 0 amide bonds. The molecule has 1 fully saturated rings. The van der Waals surface area contributed by atoms with Gasteiger partial charge in [-0.05, 0) is 7.05 Å². The van der Waals surface area contributed by atoms with Crippen molar-refractivity contribution in [1.29, 1.82) is 0 Å². The molecule has 4 nitrogen and oxygen atoms in total. The van der Waals surface area contributed by atoms with Gasteiger partial charge < -0.3 is 0 Å². The van der Waals surface area contributed by atoms with Gasteiger partial charge in [0.1, 0.15) is 0 Å². The van der Waals surface area contributed by atoms with Gasteiger partial charge >= 0.3 is 0 Å². The van der Waals surface area contributed by atoms with Crippen LogP contribution in [0.25, 0.3) is 0 Å². The maximum atomic E-state index is 13.4. The summed E-state index contributed by atoms with van der Waals surface area (Å²) in [6.45, 7) is -1.09. The predicted molar refractivity (Wildman–Crippen MR) is 56.2 cm³/mol. The van der Waals surface area contributed by atoms with Crippen LogP contribution in [0.15, 0.2) is 0 Å². The zero-order chi connectivity index (χ0) is 12.8. The lowest BCUT2D eigenvalue weighted by Crippen LogP contribution is -2.50. The molecule has 0 saturated carbocycles. The Bertz CT molecular complexity index is 221. The number of hydrogen-bond acceptors (Lipinski definition) is 4. The van der Waals surface area contributed by atoms with Crippen LogP contribution in [0.2, 0.25) is 0 Å². The van der Waals surface area contributed by atoms with Gasteiger partial charge in [-0.2, -0.15) is 0 Å². The van der Waals surface area contributed by atoms with Crippen molar-refractivity contribution in [2.45, 2.75) is 25.2 Å². The van der Waals surface area contributed by atoms with E-state index in [2.05, 4.69) is 16.0 Å². The molecule has 17 heavy (non-hydrogen) atoms. The first-order chi connectivity index (χ1) is 7.99. The van der Waals surface area contributed by atoms with E-state index < -0.39 is 25.2 Å². The van der Waals surface area contributed by atoms with Gasteiger partial charge in [0.15, 0.2) is 25.2 Å². The number of rotatable bonds is 0. The first kappa shape index (κ1) is 14.6. The Morgan fingerprint density at radius 1 is 0.824 bits per heavy atom. The summed E-state index contributed by atoms with van der Waals surface area (Å²) in [5.41, 5.74) is 0. The number of likely N-dealkylation sites (N-methyl/N-ethyl adjacent to an activating group) is 1. The van der Waals surface area contributed by atoms with E-state index in [0.717, 1.165) is 4.90 Å². The van der Waals surface area contributed by atoms with Gasteiger partial charge in [-0.3, -0.25) is 20.9 Å². The summed E-state index contributed by atoms with van der Waals surface area (Å²) in [5.74, 6) is 0. The van der Waals surface area contributed by atoms with Crippen molar-refractivity contribution >= 4 is 0 Å². The number of halogens is 4. The third-order valence-electron chi connectivity index (χ3n) is 2.47. The fourth-order valence-electron chi connectivity index (χ4n) is 1.42. The Balaban J connectivity index is 2.50. The zero-order valence-electron chi connectivity index (χ0n) is 9.60. The standard InChI is InChI=1S/C9H18F4N4/c1-17-5-8(12)15-3-6(10)14-2-7(11)16-4-9(17)13/h6-9,14-16H,2-5H2,1H3.